The van der Waals surface area contributed by atoms with E-state index in [2.05, 4.69) is 20.7 Å². The highest BCUT2D eigenvalue weighted by atomic mass is 16.6. The minimum absolute atomic E-state index is 0.0923. The summed E-state index contributed by atoms with van der Waals surface area (Å²) in [6, 6.07) is 9.79. The first-order valence-electron chi connectivity index (χ1n) is 13.9. The van der Waals surface area contributed by atoms with E-state index in [1.807, 2.05) is 30.3 Å². The van der Waals surface area contributed by atoms with Gasteiger partial charge in [0.15, 0.2) is 0 Å². The van der Waals surface area contributed by atoms with Crippen molar-refractivity contribution < 1.29 is 28.6 Å². The van der Waals surface area contributed by atoms with Crippen LogP contribution in [-0.4, -0.2) is 55.5 Å². The minimum Gasteiger partial charge on any atom is -0.467 e. The van der Waals surface area contributed by atoms with Gasteiger partial charge in [-0.05, 0) is 52.0 Å². The number of nitrogens with one attached hydrogen (secondary N) is 3. The van der Waals surface area contributed by atoms with Gasteiger partial charge in [0.2, 0.25) is 0 Å². The molecule has 2 aliphatic carbocycles. The molecule has 1 aromatic rings. The second-order valence-corrected chi connectivity index (χ2v) is 11.0. The predicted molar refractivity (Wildman–Crippen MR) is 147 cm³/mol. The monoisotopic (exact) mass is 533 g/mol. The number of esters is 1. The van der Waals surface area contributed by atoms with E-state index in [-0.39, 0.29) is 13.2 Å². The van der Waals surface area contributed by atoms with Crippen molar-refractivity contribution in [3.8, 4) is 0 Å². The molecule has 2 saturated carbocycles. The molecule has 2 aliphatic rings. The lowest BCUT2D eigenvalue weighted by molar-refractivity contribution is -0.142. The number of ether oxygens (including phenoxy) is 3. The van der Waals surface area contributed by atoms with Gasteiger partial charge in [-0.1, -0.05) is 68.9 Å². The van der Waals surface area contributed by atoms with Crippen molar-refractivity contribution in [3.63, 3.8) is 0 Å². The largest absolute Gasteiger partial charge is 0.467 e. The summed E-state index contributed by atoms with van der Waals surface area (Å²) in [6.07, 6.45) is 13.1. The van der Waals surface area contributed by atoms with Gasteiger partial charge in [-0.3, -0.25) is 0 Å². The Bertz CT molecular complexity index is 814. The standard InChI is InChI=1S/C17H24N2O6.C12H23N/c1-17(2,3)25-16(22)19-13(14(20)23-4)10-18-15(21)24-11-12-8-6-5-7-9-12;1-3-7-11(8-4-1)13-12-9-5-2-6-10-12/h5-9,13H,10-11H2,1-4H3,(H,18,21)(H,19,22);11-13H,1-10H2/t13-;/m0./s1. The maximum absolute atomic E-state index is 11.8. The van der Waals surface area contributed by atoms with Gasteiger partial charge < -0.3 is 30.2 Å². The minimum atomic E-state index is -1.09. The van der Waals surface area contributed by atoms with Crippen molar-refractivity contribution in [1.29, 1.82) is 0 Å². The van der Waals surface area contributed by atoms with Crippen LogP contribution < -0.4 is 16.0 Å². The van der Waals surface area contributed by atoms with Gasteiger partial charge in [0.1, 0.15) is 18.2 Å². The molecule has 0 aliphatic heterocycles. The quantitative estimate of drug-likeness (QED) is 0.310. The molecule has 0 radical (unpaired) electrons. The van der Waals surface area contributed by atoms with Crippen LogP contribution in [0.15, 0.2) is 30.3 Å². The van der Waals surface area contributed by atoms with E-state index in [0.29, 0.717) is 0 Å². The molecule has 0 heterocycles. The Morgan fingerprint density at radius 3 is 1.92 bits per heavy atom. The van der Waals surface area contributed by atoms with Crippen molar-refractivity contribution in [2.24, 2.45) is 0 Å². The predicted octanol–water partition coefficient (Wildman–Crippen LogP) is 5.22. The maximum Gasteiger partial charge on any atom is 0.408 e. The molecule has 214 valence electrons. The summed E-state index contributed by atoms with van der Waals surface area (Å²) in [5.41, 5.74) is 0.112. The van der Waals surface area contributed by atoms with E-state index in [0.717, 1.165) is 17.6 Å². The summed E-state index contributed by atoms with van der Waals surface area (Å²) in [4.78, 5) is 35.2. The van der Waals surface area contributed by atoms with Crippen LogP contribution in [0.4, 0.5) is 9.59 Å². The highest BCUT2D eigenvalue weighted by Crippen LogP contribution is 2.22. The second-order valence-electron chi connectivity index (χ2n) is 11.0. The fourth-order valence-electron chi connectivity index (χ4n) is 4.62. The van der Waals surface area contributed by atoms with Crippen LogP contribution >= 0.6 is 0 Å². The Morgan fingerprint density at radius 1 is 0.868 bits per heavy atom. The summed E-state index contributed by atoms with van der Waals surface area (Å²) < 4.78 is 14.7. The summed E-state index contributed by atoms with van der Waals surface area (Å²) in [5, 5.41) is 8.61. The number of methoxy groups -OCH3 is 1. The lowest BCUT2D eigenvalue weighted by Gasteiger charge is -2.30. The fraction of sp³-hybridized carbons (Fsp3) is 0.690. The lowest BCUT2D eigenvalue weighted by Crippen LogP contribution is -2.50. The molecule has 3 N–H and O–H groups in total. The van der Waals surface area contributed by atoms with Crippen LogP contribution in [0.2, 0.25) is 0 Å². The SMILES string of the molecule is C1CCC(NC2CCCCC2)CC1.COC(=O)[C@H](CNC(=O)OCc1ccccc1)NC(=O)OC(C)(C)C. The third-order valence-electron chi connectivity index (χ3n) is 6.52. The third kappa shape index (κ3) is 13.7. The molecular weight excluding hydrogens is 486 g/mol. The molecule has 0 spiro atoms. The molecule has 1 aromatic carbocycles. The highest BCUT2D eigenvalue weighted by Gasteiger charge is 2.25. The first-order valence-corrected chi connectivity index (χ1v) is 13.9. The molecule has 3 rings (SSSR count). The fourth-order valence-corrected chi connectivity index (χ4v) is 4.62. The van der Waals surface area contributed by atoms with Crippen molar-refractivity contribution in [2.75, 3.05) is 13.7 Å². The molecule has 0 bridgehead atoms. The Hall–Kier alpha value is -2.81. The molecule has 9 nitrogen and oxygen atoms in total. The second kappa shape index (κ2) is 16.9. The Balaban J connectivity index is 0.000000323. The first-order chi connectivity index (χ1) is 18.2. The van der Waals surface area contributed by atoms with Crippen LogP contribution in [0.25, 0.3) is 0 Å². The van der Waals surface area contributed by atoms with Gasteiger partial charge in [0.05, 0.1) is 13.7 Å². The van der Waals surface area contributed by atoms with Gasteiger partial charge in [-0.25, -0.2) is 14.4 Å². The average Bonchev–Trinajstić information content (AvgIpc) is 2.90. The molecule has 1 atom stereocenters. The lowest BCUT2D eigenvalue weighted by atomic mass is 9.91. The number of hydrogen-bond donors (Lipinski definition) is 3. The molecule has 0 saturated heterocycles. The number of alkyl carbamates (subject to hydrolysis) is 2. The van der Waals surface area contributed by atoms with Crippen LogP contribution in [0.5, 0.6) is 0 Å². The summed E-state index contributed by atoms with van der Waals surface area (Å²) in [7, 11) is 1.18. The molecular formula is C29H47N3O6. The van der Waals surface area contributed by atoms with Crippen molar-refractivity contribution >= 4 is 18.2 Å². The van der Waals surface area contributed by atoms with Crippen LogP contribution in [0.3, 0.4) is 0 Å². The van der Waals surface area contributed by atoms with Crippen LogP contribution in [-0.2, 0) is 25.6 Å². The summed E-state index contributed by atoms with van der Waals surface area (Å²) in [5.74, 6) is -0.714. The van der Waals surface area contributed by atoms with Gasteiger partial charge in [-0.15, -0.1) is 0 Å². The normalized spacial score (nSPS) is 17.3. The van der Waals surface area contributed by atoms with E-state index < -0.39 is 29.8 Å². The zero-order valence-electron chi connectivity index (χ0n) is 23.6. The number of rotatable bonds is 8. The van der Waals surface area contributed by atoms with Crippen molar-refractivity contribution in [3.05, 3.63) is 35.9 Å². The number of hydrogen-bond acceptors (Lipinski definition) is 7. The maximum atomic E-state index is 11.8. The molecule has 2 fully saturated rings. The Morgan fingerprint density at radius 2 is 1.42 bits per heavy atom. The Kier molecular flexibility index (Phi) is 14.0. The summed E-state index contributed by atoms with van der Waals surface area (Å²) >= 11 is 0. The molecule has 0 aromatic heterocycles. The van der Waals surface area contributed by atoms with Crippen molar-refractivity contribution in [1.82, 2.24) is 16.0 Å². The number of carbonyl (C=O) groups is 3. The topological polar surface area (TPSA) is 115 Å². The molecule has 9 heteroatoms. The third-order valence-corrected chi connectivity index (χ3v) is 6.52. The highest BCUT2D eigenvalue weighted by molar-refractivity contribution is 5.82. The van der Waals surface area contributed by atoms with Gasteiger partial charge in [-0.2, -0.15) is 0 Å². The Labute approximate surface area is 227 Å². The van der Waals surface area contributed by atoms with E-state index in [1.54, 1.807) is 20.8 Å². The summed E-state index contributed by atoms with van der Waals surface area (Å²) in [6.45, 7) is 4.98. The number of benzene rings is 1. The zero-order valence-corrected chi connectivity index (χ0v) is 23.6. The van der Waals surface area contributed by atoms with E-state index in [1.165, 1.54) is 71.3 Å². The van der Waals surface area contributed by atoms with Gasteiger partial charge in [0.25, 0.3) is 0 Å². The van der Waals surface area contributed by atoms with Crippen LogP contribution in [0, 0.1) is 0 Å². The van der Waals surface area contributed by atoms with Crippen molar-refractivity contribution in [2.45, 2.75) is 115 Å². The number of carbonyl (C=O) groups excluding carboxylic acids is 3. The van der Waals surface area contributed by atoms with E-state index >= 15 is 0 Å². The van der Waals surface area contributed by atoms with Gasteiger partial charge in [0, 0.05) is 12.1 Å². The van der Waals surface area contributed by atoms with Gasteiger partial charge >= 0.3 is 18.2 Å². The van der Waals surface area contributed by atoms with Crippen LogP contribution in [0.1, 0.15) is 90.5 Å². The molecule has 2 amide bonds. The zero-order chi connectivity index (χ0) is 27.8. The smallest absolute Gasteiger partial charge is 0.408 e. The average molecular weight is 534 g/mol. The van der Waals surface area contributed by atoms with E-state index in [9.17, 15) is 14.4 Å². The molecule has 0 unspecified atom stereocenters. The molecule has 38 heavy (non-hydrogen) atoms. The number of amides is 2. The van der Waals surface area contributed by atoms with E-state index in [4.69, 9.17) is 9.47 Å². The first kappa shape index (κ1) is 31.4.